The van der Waals surface area contributed by atoms with E-state index in [0.717, 1.165) is 51.7 Å². The summed E-state index contributed by atoms with van der Waals surface area (Å²) in [5.41, 5.74) is -0.316. The molecule has 7 nitrogen and oxygen atoms in total. The lowest BCUT2D eigenvalue weighted by atomic mass is 9.82. The molecule has 0 radical (unpaired) electrons. The van der Waals surface area contributed by atoms with E-state index in [2.05, 4.69) is 17.1 Å². The standard InChI is InChI=1S/C20H33N3O4/c1-3-17-20(27-18(24)21-17)7-9-22(10-8-20)15-6-5-14-11-16(12-15)23(13-14)19(25)26-4-2/h14-17H,3-13H2,1-2H3,(H,21,24). The number of rotatable bonds is 3. The number of piperidine rings is 1. The summed E-state index contributed by atoms with van der Waals surface area (Å²) >= 11 is 0. The molecule has 4 aliphatic rings. The predicted molar refractivity (Wildman–Crippen MR) is 100 cm³/mol. The number of carbonyl (C=O) groups excluding carboxylic acids is 2. The third-order valence-electron chi connectivity index (χ3n) is 7.25. The fourth-order valence-electron chi connectivity index (χ4n) is 5.82. The number of ether oxygens (including phenoxy) is 2. The first-order valence-corrected chi connectivity index (χ1v) is 10.7. The fourth-order valence-corrected chi connectivity index (χ4v) is 5.82. The summed E-state index contributed by atoms with van der Waals surface area (Å²) in [6.45, 7) is 7.21. The normalized spacial score (nSPS) is 35.6. The van der Waals surface area contributed by atoms with Crippen LogP contribution < -0.4 is 5.32 Å². The van der Waals surface area contributed by atoms with Crippen LogP contribution in [0.15, 0.2) is 0 Å². The Labute approximate surface area is 161 Å². The number of nitrogens with zero attached hydrogens (tertiary/aromatic N) is 2. The van der Waals surface area contributed by atoms with Crippen molar-refractivity contribution in [1.29, 1.82) is 0 Å². The third kappa shape index (κ3) is 3.50. The van der Waals surface area contributed by atoms with Crippen LogP contribution in [0.25, 0.3) is 0 Å². The van der Waals surface area contributed by atoms with E-state index in [-0.39, 0.29) is 23.8 Å². The highest BCUT2D eigenvalue weighted by molar-refractivity contribution is 5.71. The molecule has 4 atom stereocenters. The van der Waals surface area contributed by atoms with Crippen LogP contribution in [0.1, 0.15) is 58.8 Å². The number of carbonyl (C=O) groups is 2. The first kappa shape index (κ1) is 18.8. The minimum atomic E-state index is -0.316. The number of amides is 2. The largest absolute Gasteiger partial charge is 0.450 e. The van der Waals surface area contributed by atoms with E-state index in [1.54, 1.807) is 0 Å². The number of hydrogen-bond acceptors (Lipinski definition) is 5. The van der Waals surface area contributed by atoms with Gasteiger partial charge in [-0.15, -0.1) is 0 Å². The van der Waals surface area contributed by atoms with Crippen molar-refractivity contribution in [2.75, 3.05) is 26.2 Å². The van der Waals surface area contributed by atoms with Crippen molar-refractivity contribution in [2.24, 2.45) is 5.92 Å². The minimum Gasteiger partial charge on any atom is -0.450 e. The average molecular weight is 380 g/mol. The van der Waals surface area contributed by atoms with Gasteiger partial charge in [-0.3, -0.25) is 0 Å². The Morgan fingerprint density at radius 3 is 2.70 bits per heavy atom. The van der Waals surface area contributed by atoms with Crippen molar-refractivity contribution in [3.8, 4) is 0 Å². The molecule has 152 valence electrons. The van der Waals surface area contributed by atoms with Crippen molar-refractivity contribution in [3.05, 3.63) is 0 Å². The van der Waals surface area contributed by atoms with Crippen molar-refractivity contribution >= 4 is 12.2 Å². The van der Waals surface area contributed by atoms with Gasteiger partial charge in [0.05, 0.1) is 12.6 Å². The van der Waals surface area contributed by atoms with E-state index in [9.17, 15) is 9.59 Å². The molecule has 0 aromatic rings. The van der Waals surface area contributed by atoms with E-state index < -0.39 is 0 Å². The van der Waals surface area contributed by atoms with Crippen LogP contribution in [0.4, 0.5) is 9.59 Å². The summed E-state index contributed by atoms with van der Waals surface area (Å²) in [6.07, 6.45) is 6.86. The zero-order valence-corrected chi connectivity index (χ0v) is 16.6. The first-order chi connectivity index (χ1) is 13.0. The van der Waals surface area contributed by atoms with E-state index in [4.69, 9.17) is 9.47 Å². The number of nitrogens with one attached hydrogen (secondary N) is 1. The van der Waals surface area contributed by atoms with Crippen molar-refractivity contribution < 1.29 is 19.1 Å². The van der Waals surface area contributed by atoms with Crippen molar-refractivity contribution in [3.63, 3.8) is 0 Å². The second-order valence-electron chi connectivity index (χ2n) is 8.67. The van der Waals surface area contributed by atoms with Gasteiger partial charge in [0.1, 0.15) is 5.60 Å². The quantitative estimate of drug-likeness (QED) is 0.816. The first-order valence-electron chi connectivity index (χ1n) is 10.7. The molecule has 4 fully saturated rings. The van der Waals surface area contributed by atoms with Gasteiger partial charge in [0.25, 0.3) is 0 Å². The van der Waals surface area contributed by atoms with E-state index in [1.165, 1.54) is 12.8 Å². The maximum atomic E-state index is 12.3. The molecule has 3 heterocycles. The van der Waals surface area contributed by atoms with Gasteiger partial charge in [0.2, 0.25) is 0 Å². The van der Waals surface area contributed by atoms with Gasteiger partial charge in [-0.05, 0) is 44.9 Å². The average Bonchev–Trinajstić information content (AvgIpc) is 3.10. The molecule has 4 unspecified atom stereocenters. The van der Waals surface area contributed by atoms with E-state index in [0.29, 0.717) is 24.6 Å². The third-order valence-corrected chi connectivity index (χ3v) is 7.25. The molecule has 1 saturated carbocycles. The second-order valence-corrected chi connectivity index (χ2v) is 8.67. The molecule has 3 aliphatic heterocycles. The topological polar surface area (TPSA) is 71.1 Å². The van der Waals surface area contributed by atoms with Crippen LogP contribution in [-0.4, -0.2) is 72.0 Å². The Hall–Kier alpha value is -1.50. The highest BCUT2D eigenvalue weighted by Gasteiger charge is 2.51. The van der Waals surface area contributed by atoms with Gasteiger partial charge in [0.15, 0.2) is 0 Å². The number of alkyl carbamates (subject to hydrolysis) is 1. The summed E-state index contributed by atoms with van der Waals surface area (Å²) in [7, 11) is 0. The van der Waals surface area contributed by atoms with E-state index >= 15 is 0 Å². The van der Waals surface area contributed by atoms with Crippen LogP contribution in [0.5, 0.6) is 0 Å². The number of likely N-dealkylation sites (tertiary alicyclic amines) is 2. The number of hydrogen-bond donors (Lipinski definition) is 1. The maximum absolute atomic E-state index is 12.3. The van der Waals surface area contributed by atoms with Crippen LogP contribution in [0.3, 0.4) is 0 Å². The molecule has 4 rings (SSSR count). The lowest BCUT2D eigenvalue weighted by Crippen LogP contribution is -2.54. The maximum Gasteiger partial charge on any atom is 0.410 e. The van der Waals surface area contributed by atoms with Crippen molar-refractivity contribution in [1.82, 2.24) is 15.1 Å². The molecule has 1 spiro atoms. The minimum absolute atomic E-state index is 0.136. The van der Waals surface area contributed by atoms with Gasteiger partial charge in [-0.2, -0.15) is 0 Å². The predicted octanol–water partition coefficient (Wildman–Crippen LogP) is 2.74. The second kappa shape index (κ2) is 7.49. The summed E-state index contributed by atoms with van der Waals surface area (Å²) in [6, 6.07) is 0.961. The lowest BCUT2D eigenvalue weighted by molar-refractivity contribution is -0.0322. The highest BCUT2D eigenvalue weighted by atomic mass is 16.6. The van der Waals surface area contributed by atoms with Gasteiger partial charge in [0, 0.05) is 44.6 Å². The van der Waals surface area contributed by atoms with Crippen LogP contribution in [-0.2, 0) is 9.47 Å². The molecule has 1 aliphatic carbocycles. The smallest absolute Gasteiger partial charge is 0.410 e. The van der Waals surface area contributed by atoms with E-state index in [1.807, 2.05) is 11.8 Å². The Bertz CT molecular complexity index is 576. The summed E-state index contributed by atoms with van der Waals surface area (Å²) in [5.74, 6) is 0.616. The summed E-state index contributed by atoms with van der Waals surface area (Å²) in [4.78, 5) is 28.6. The Morgan fingerprint density at radius 1 is 1.22 bits per heavy atom. The molecular weight excluding hydrogens is 346 g/mol. The molecule has 1 N–H and O–H groups in total. The number of fused-ring (bicyclic) bond motifs is 2. The zero-order chi connectivity index (χ0) is 19.0. The highest BCUT2D eigenvalue weighted by Crippen LogP contribution is 2.40. The zero-order valence-electron chi connectivity index (χ0n) is 16.6. The van der Waals surface area contributed by atoms with Gasteiger partial charge >= 0.3 is 12.2 Å². The van der Waals surface area contributed by atoms with Crippen LogP contribution in [0, 0.1) is 5.92 Å². The van der Waals surface area contributed by atoms with Crippen LogP contribution in [0.2, 0.25) is 0 Å². The molecule has 2 amide bonds. The lowest BCUT2D eigenvalue weighted by Gasteiger charge is -2.44. The Balaban J connectivity index is 1.38. The summed E-state index contributed by atoms with van der Waals surface area (Å²) in [5, 5.41) is 2.98. The van der Waals surface area contributed by atoms with Gasteiger partial charge in [-0.25, -0.2) is 9.59 Å². The summed E-state index contributed by atoms with van der Waals surface area (Å²) < 4.78 is 11.0. The molecule has 0 aromatic carbocycles. The fraction of sp³-hybridized carbons (Fsp3) is 0.900. The van der Waals surface area contributed by atoms with Crippen molar-refractivity contribution in [2.45, 2.75) is 82.5 Å². The van der Waals surface area contributed by atoms with Gasteiger partial charge in [-0.1, -0.05) is 6.92 Å². The molecular formula is C20H33N3O4. The molecule has 27 heavy (non-hydrogen) atoms. The Morgan fingerprint density at radius 2 is 2.00 bits per heavy atom. The molecule has 7 heteroatoms. The Kier molecular flexibility index (Phi) is 5.23. The SMILES string of the molecule is CCOC(=O)N1CC2CCC(N3CCC4(CC3)OC(=O)NC4CC)CC1C2. The molecule has 2 bridgehead atoms. The molecule has 0 aromatic heterocycles. The monoisotopic (exact) mass is 379 g/mol. The van der Waals surface area contributed by atoms with Gasteiger partial charge < -0.3 is 24.6 Å². The van der Waals surface area contributed by atoms with Crippen LogP contribution >= 0.6 is 0 Å². The molecule has 3 saturated heterocycles.